The number of halogens is 1. The van der Waals surface area contributed by atoms with Crippen molar-refractivity contribution in [1.29, 1.82) is 0 Å². The molecule has 0 atom stereocenters. The number of hydrogen-bond donors (Lipinski definition) is 0. The molecule has 1 aliphatic heterocycles. The molecule has 2 amide bonds. The fraction of sp³-hybridized carbons (Fsp3) is 0.529. The lowest BCUT2D eigenvalue weighted by molar-refractivity contribution is -0.132. The van der Waals surface area contributed by atoms with Gasteiger partial charge in [-0.3, -0.25) is 9.59 Å². The molecule has 2 rings (SSSR count). The number of benzene rings is 1. The highest BCUT2D eigenvalue weighted by atomic mass is 35.5. The number of aryl methyl sites for hydroxylation is 2. The third-order valence-electron chi connectivity index (χ3n) is 4.20. The number of carbonyl (C=O) groups is 2. The summed E-state index contributed by atoms with van der Waals surface area (Å²) in [4.78, 5) is 30.1. The van der Waals surface area contributed by atoms with Gasteiger partial charge in [0.2, 0.25) is 11.8 Å². The average molecular weight is 338 g/mol. The Morgan fingerprint density at radius 1 is 1.17 bits per heavy atom. The van der Waals surface area contributed by atoms with Gasteiger partial charge >= 0.3 is 0 Å². The van der Waals surface area contributed by atoms with E-state index in [9.17, 15) is 9.59 Å². The van der Waals surface area contributed by atoms with E-state index in [1.54, 1.807) is 0 Å². The van der Waals surface area contributed by atoms with Crippen LogP contribution in [0.25, 0.3) is 0 Å². The highest BCUT2D eigenvalue weighted by Gasteiger charge is 2.25. The van der Waals surface area contributed by atoms with E-state index in [0.717, 1.165) is 24.2 Å². The molecule has 0 radical (unpaired) electrons. The summed E-state index contributed by atoms with van der Waals surface area (Å²) in [6.45, 7) is 8.46. The maximum Gasteiger partial charge on any atom is 0.242 e. The molecule has 126 valence electrons. The number of carbonyl (C=O) groups excluding carboxylic acids is 2. The maximum absolute atomic E-state index is 12.6. The van der Waals surface area contributed by atoms with Crippen LogP contribution in [0.15, 0.2) is 12.1 Å². The number of amides is 2. The van der Waals surface area contributed by atoms with Crippen molar-refractivity contribution in [2.45, 2.75) is 20.8 Å². The van der Waals surface area contributed by atoms with E-state index in [1.165, 1.54) is 11.8 Å². The smallest absolute Gasteiger partial charge is 0.242 e. The Hall–Kier alpha value is -1.59. The van der Waals surface area contributed by atoms with Crippen LogP contribution in [0.3, 0.4) is 0 Å². The van der Waals surface area contributed by atoms with Gasteiger partial charge in [-0.25, -0.2) is 0 Å². The molecule has 1 saturated heterocycles. The second-order valence-corrected chi connectivity index (χ2v) is 6.61. The summed E-state index contributed by atoms with van der Waals surface area (Å²) in [6.07, 6.45) is 0. The van der Waals surface area contributed by atoms with E-state index in [1.807, 2.05) is 37.9 Å². The summed E-state index contributed by atoms with van der Waals surface area (Å²) in [6, 6.07) is 3.79. The number of nitrogens with zero attached hydrogens (tertiary/aromatic N) is 3. The van der Waals surface area contributed by atoms with Gasteiger partial charge in [-0.2, -0.15) is 0 Å². The molecule has 0 aromatic heterocycles. The van der Waals surface area contributed by atoms with Crippen molar-refractivity contribution >= 4 is 29.1 Å². The molecular weight excluding hydrogens is 314 g/mol. The fourth-order valence-corrected chi connectivity index (χ4v) is 3.31. The number of piperazine rings is 1. The largest absolute Gasteiger partial charge is 0.339 e. The van der Waals surface area contributed by atoms with Crippen LogP contribution in [0.1, 0.15) is 18.1 Å². The SMILES string of the molecule is CC(=O)N(CC(=O)N1CCN(C)CC1)c1c(C)cc(C)cc1Cl. The van der Waals surface area contributed by atoms with Gasteiger partial charge in [-0.15, -0.1) is 0 Å². The Labute approximate surface area is 142 Å². The normalized spacial score (nSPS) is 15.6. The molecule has 23 heavy (non-hydrogen) atoms. The van der Waals surface area contributed by atoms with E-state index in [0.29, 0.717) is 23.8 Å². The van der Waals surface area contributed by atoms with E-state index in [2.05, 4.69) is 4.90 Å². The zero-order chi connectivity index (χ0) is 17.1. The van der Waals surface area contributed by atoms with Crippen molar-refractivity contribution < 1.29 is 9.59 Å². The second kappa shape index (κ2) is 7.32. The van der Waals surface area contributed by atoms with E-state index in [-0.39, 0.29) is 18.4 Å². The molecule has 1 aromatic carbocycles. The number of likely N-dealkylation sites (N-methyl/N-ethyl adjacent to an activating group) is 1. The molecule has 0 unspecified atom stereocenters. The lowest BCUT2D eigenvalue weighted by Gasteiger charge is -2.34. The summed E-state index contributed by atoms with van der Waals surface area (Å²) in [7, 11) is 2.04. The molecule has 1 aromatic rings. The molecule has 0 N–H and O–H groups in total. The topological polar surface area (TPSA) is 43.9 Å². The Morgan fingerprint density at radius 3 is 2.30 bits per heavy atom. The van der Waals surface area contributed by atoms with Crippen LogP contribution in [-0.4, -0.2) is 61.4 Å². The van der Waals surface area contributed by atoms with Crippen LogP contribution in [-0.2, 0) is 9.59 Å². The van der Waals surface area contributed by atoms with Crippen LogP contribution in [0.2, 0.25) is 5.02 Å². The van der Waals surface area contributed by atoms with Gasteiger partial charge in [-0.05, 0) is 38.1 Å². The third-order valence-corrected chi connectivity index (χ3v) is 4.49. The molecule has 1 heterocycles. The summed E-state index contributed by atoms with van der Waals surface area (Å²) >= 11 is 6.34. The minimum atomic E-state index is -0.179. The first-order valence-electron chi connectivity index (χ1n) is 7.80. The predicted octanol–water partition coefficient (Wildman–Crippen LogP) is 2.08. The summed E-state index contributed by atoms with van der Waals surface area (Å²) in [5.41, 5.74) is 2.56. The van der Waals surface area contributed by atoms with Crippen LogP contribution < -0.4 is 4.90 Å². The zero-order valence-electron chi connectivity index (χ0n) is 14.2. The van der Waals surface area contributed by atoms with Gasteiger partial charge in [0.25, 0.3) is 0 Å². The van der Waals surface area contributed by atoms with Crippen molar-refractivity contribution in [1.82, 2.24) is 9.80 Å². The van der Waals surface area contributed by atoms with Crippen LogP contribution >= 0.6 is 11.6 Å². The third kappa shape index (κ3) is 4.24. The molecule has 1 aliphatic rings. The van der Waals surface area contributed by atoms with Gasteiger partial charge in [-0.1, -0.05) is 17.7 Å². The minimum Gasteiger partial charge on any atom is -0.339 e. The minimum absolute atomic E-state index is 0.0304. The monoisotopic (exact) mass is 337 g/mol. The van der Waals surface area contributed by atoms with E-state index >= 15 is 0 Å². The van der Waals surface area contributed by atoms with Crippen molar-refractivity contribution in [3.8, 4) is 0 Å². The Kier molecular flexibility index (Phi) is 5.65. The molecule has 6 heteroatoms. The lowest BCUT2D eigenvalue weighted by atomic mass is 10.1. The molecule has 0 spiro atoms. The maximum atomic E-state index is 12.6. The standard InChI is InChI=1S/C17H24ClN3O2/c1-12-9-13(2)17(15(18)10-12)21(14(3)22)11-16(23)20-7-5-19(4)6-8-20/h9-10H,5-8,11H2,1-4H3. The molecule has 0 aliphatic carbocycles. The predicted molar refractivity (Wildman–Crippen MR) is 93.0 cm³/mol. The molecule has 5 nitrogen and oxygen atoms in total. The highest BCUT2D eigenvalue weighted by molar-refractivity contribution is 6.34. The Balaban J connectivity index is 2.20. The van der Waals surface area contributed by atoms with Crippen molar-refractivity contribution in [3.63, 3.8) is 0 Å². The van der Waals surface area contributed by atoms with Gasteiger partial charge in [0.15, 0.2) is 0 Å². The number of rotatable bonds is 3. The van der Waals surface area contributed by atoms with E-state index in [4.69, 9.17) is 11.6 Å². The Bertz CT molecular complexity index is 587. The van der Waals surface area contributed by atoms with Gasteiger partial charge in [0, 0.05) is 33.1 Å². The average Bonchev–Trinajstić information content (AvgIpc) is 2.45. The van der Waals surface area contributed by atoms with Crippen LogP contribution in [0.4, 0.5) is 5.69 Å². The molecule has 0 saturated carbocycles. The summed E-state index contributed by atoms with van der Waals surface area (Å²) in [5, 5.41) is 0.504. The zero-order valence-corrected chi connectivity index (χ0v) is 15.0. The quantitative estimate of drug-likeness (QED) is 0.848. The summed E-state index contributed by atoms with van der Waals surface area (Å²) < 4.78 is 0. The first-order valence-corrected chi connectivity index (χ1v) is 8.18. The van der Waals surface area contributed by atoms with E-state index < -0.39 is 0 Å². The van der Waals surface area contributed by atoms with Crippen molar-refractivity contribution in [3.05, 3.63) is 28.3 Å². The molecule has 0 bridgehead atoms. The van der Waals surface area contributed by atoms with Crippen LogP contribution in [0.5, 0.6) is 0 Å². The molecule has 1 fully saturated rings. The van der Waals surface area contributed by atoms with Crippen molar-refractivity contribution in [2.24, 2.45) is 0 Å². The van der Waals surface area contributed by atoms with Gasteiger partial charge in [0.1, 0.15) is 6.54 Å². The molecular formula is C17H24ClN3O2. The number of anilines is 1. The second-order valence-electron chi connectivity index (χ2n) is 6.20. The van der Waals surface area contributed by atoms with Gasteiger partial charge in [0.05, 0.1) is 10.7 Å². The number of hydrogen-bond acceptors (Lipinski definition) is 3. The van der Waals surface area contributed by atoms with Crippen molar-refractivity contribution in [2.75, 3.05) is 44.7 Å². The fourth-order valence-electron chi connectivity index (χ4n) is 2.89. The first-order chi connectivity index (χ1) is 10.8. The summed E-state index contributed by atoms with van der Waals surface area (Å²) in [5.74, 6) is -0.217. The first kappa shape index (κ1) is 17.8. The lowest BCUT2D eigenvalue weighted by Crippen LogP contribution is -2.50. The Morgan fingerprint density at radius 2 is 1.78 bits per heavy atom. The van der Waals surface area contributed by atoms with Crippen LogP contribution in [0, 0.1) is 13.8 Å². The van der Waals surface area contributed by atoms with Gasteiger partial charge < -0.3 is 14.7 Å². The highest BCUT2D eigenvalue weighted by Crippen LogP contribution is 2.31.